The van der Waals surface area contributed by atoms with Crippen LogP contribution in [0.15, 0.2) is 88.7 Å². The number of carbonyl (C=O) groups is 1. The number of amides is 1. The van der Waals surface area contributed by atoms with Crippen molar-refractivity contribution in [1.82, 2.24) is 9.91 Å². The normalized spacial score (nSPS) is 19.9. The topological polar surface area (TPSA) is 107 Å². The number of nitrogens with two attached hydrogens (primary N) is 1. The average molecular weight is 457 g/mol. The lowest BCUT2D eigenvalue weighted by Gasteiger charge is -2.36. The monoisotopic (exact) mass is 456 g/mol. The minimum atomic E-state index is -0.128. The fourth-order valence-corrected chi connectivity index (χ4v) is 4.14. The fraction of sp³-hybridized carbons (Fsp3) is 0.231. The van der Waals surface area contributed by atoms with Crippen molar-refractivity contribution in [1.29, 1.82) is 5.41 Å². The molecule has 0 spiro atoms. The Bertz CT molecular complexity index is 1170. The number of nitrogens with zero attached hydrogens (tertiary/aromatic N) is 4. The van der Waals surface area contributed by atoms with Crippen molar-refractivity contribution in [3.63, 3.8) is 0 Å². The predicted octanol–water partition coefficient (Wildman–Crippen LogP) is 3.91. The van der Waals surface area contributed by atoms with Gasteiger partial charge in [-0.1, -0.05) is 24.8 Å². The molecule has 1 atom stereocenters. The second-order valence-corrected chi connectivity index (χ2v) is 8.01. The van der Waals surface area contributed by atoms with E-state index in [1.807, 2.05) is 54.6 Å². The van der Waals surface area contributed by atoms with Crippen LogP contribution in [0.2, 0.25) is 0 Å². The van der Waals surface area contributed by atoms with Gasteiger partial charge in [0, 0.05) is 24.9 Å². The summed E-state index contributed by atoms with van der Waals surface area (Å²) in [5.74, 6) is 1.74. The van der Waals surface area contributed by atoms with E-state index < -0.39 is 0 Å². The maximum atomic E-state index is 12.2. The molecular formula is C26H28N6O2. The summed E-state index contributed by atoms with van der Waals surface area (Å²) in [4.78, 5) is 18.1. The van der Waals surface area contributed by atoms with Gasteiger partial charge in [-0.15, -0.1) is 0 Å². The van der Waals surface area contributed by atoms with Gasteiger partial charge in [0.05, 0.1) is 11.6 Å². The zero-order chi connectivity index (χ0) is 24.1. The number of likely N-dealkylation sites (tertiary alicyclic amines) is 1. The van der Waals surface area contributed by atoms with Crippen molar-refractivity contribution in [3.8, 4) is 11.5 Å². The minimum Gasteiger partial charge on any atom is -0.457 e. The van der Waals surface area contributed by atoms with E-state index in [1.165, 1.54) is 6.08 Å². The Balaban J connectivity index is 1.64. The van der Waals surface area contributed by atoms with E-state index in [-0.39, 0.29) is 23.6 Å². The molecule has 3 N–H and O–H groups in total. The molecule has 0 bridgehead atoms. The molecular weight excluding hydrogens is 428 g/mol. The summed E-state index contributed by atoms with van der Waals surface area (Å²) < 4.78 is 5.89. The number of ether oxygens (including phenoxy) is 1. The SMILES string of the molecule is C=CC(=O)N1CCC[C@@H](N2N=C(c3ccc(Oc4ccccc4)cc3)/C(=C(N)/N=C/C)C2=N)C1. The maximum Gasteiger partial charge on any atom is 0.246 e. The first-order chi connectivity index (χ1) is 16.5. The number of benzene rings is 2. The van der Waals surface area contributed by atoms with Gasteiger partial charge in [0.25, 0.3) is 0 Å². The molecule has 174 valence electrons. The first-order valence-corrected chi connectivity index (χ1v) is 11.2. The lowest BCUT2D eigenvalue weighted by atomic mass is 10.0. The molecule has 2 aliphatic heterocycles. The van der Waals surface area contributed by atoms with Crippen LogP contribution in [0.4, 0.5) is 0 Å². The van der Waals surface area contributed by atoms with Crippen molar-refractivity contribution >= 4 is 23.7 Å². The zero-order valence-electron chi connectivity index (χ0n) is 19.1. The molecule has 2 aliphatic rings. The number of hydrogen-bond donors (Lipinski definition) is 2. The third kappa shape index (κ3) is 4.76. The molecule has 2 aromatic rings. The van der Waals surface area contributed by atoms with Crippen LogP contribution in [0, 0.1) is 5.41 Å². The highest BCUT2D eigenvalue weighted by atomic mass is 16.5. The highest BCUT2D eigenvalue weighted by Crippen LogP contribution is 2.29. The Hall–Kier alpha value is -4.20. The molecule has 1 fully saturated rings. The van der Waals surface area contributed by atoms with E-state index in [1.54, 1.807) is 23.0 Å². The summed E-state index contributed by atoms with van der Waals surface area (Å²) in [5, 5.41) is 15.3. The van der Waals surface area contributed by atoms with Crippen molar-refractivity contribution < 1.29 is 9.53 Å². The van der Waals surface area contributed by atoms with E-state index in [9.17, 15) is 4.79 Å². The van der Waals surface area contributed by atoms with Crippen molar-refractivity contribution in [2.75, 3.05) is 13.1 Å². The maximum absolute atomic E-state index is 12.2. The quantitative estimate of drug-likeness (QED) is 0.507. The van der Waals surface area contributed by atoms with Crippen LogP contribution in [0.5, 0.6) is 11.5 Å². The van der Waals surface area contributed by atoms with Gasteiger partial charge in [-0.3, -0.25) is 10.2 Å². The Morgan fingerprint density at radius 2 is 1.91 bits per heavy atom. The molecule has 8 heteroatoms. The number of hydrogen-bond acceptors (Lipinski definition) is 6. The lowest BCUT2D eigenvalue weighted by Crippen LogP contribution is -2.48. The van der Waals surface area contributed by atoms with E-state index in [0.717, 1.165) is 24.2 Å². The average Bonchev–Trinajstić information content (AvgIpc) is 3.22. The van der Waals surface area contributed by atoms with Crippen LogP contribution < -0.4 is 10.5 Å². The molecule has 2 aromatic carbocycles. The third-order valence-corrected chi connectivity index (χ3v) is 5.77. The second-order valence-electron chi connectivity index (χ2n) is 8.01. The molecule has 0 unspecified atom stereocenters. The van der Waals surface area contributed by atoms with Gasteiger partial charge in [-0.2, -0.15) is 5.10 Å². The van der Waals surface area contributed by atoms with Gasteiger partial charge in [0.15, 0.2) is 5.84 Å². The Morgan fingerprint density at radius 1 is 1.21 bits per heavy atom. The summed E-state index contributed by atoms with van der Waals surface area (Å²) in [6, 6.07) is 16.9. The second kappa shape index (κ2) is 10.2. The van der Waals surface area contributed by atoms with Gasteiger partial charge < -0.3 is 15.4 Å². The molecule has 1 saturated heterocycles. The first-order valence-electron chi connectivity index (χ1n) is 11.2. The molecule has 4 rings (SSSR count). The molecule has 0 aromatic heterocycles. The number of amidine groups is 1. The summed E-state index contributed by atoms with van der Waals surface area (Å²) in [6.45, 7) is 6.51. The molecule has 34 heavy (non-hydrogen) atoms. The lowest BCUT2D eigenvalue weighted by molar-refractivity contribution is -0.127. The van der Waals surface area contributed by atoms with Crippen molar-refractivity contribution in [2.45, 2.75) is 25.8 Å². The van der Waals surface area contributed by atoms with Gasteiger partial charge in [-0.25, -0.2) is 10.0 Å². The number of carbonyl (C=O) groups excluding carboxylic acids is 1. The Morgan fingerprint density at radius 3 is 2.59 bits per heavy atom. The largest absolute Gasteiger partial charge is 0.457 e. The third-order valence-electron chi connectivity index (χ3n) is 5.77. The summed E-state index contributed by atoms with van der Waals surface area (Å²) in [5.41, 5.74) is 8.11. The Kier molecular flexibility index (Phi) is 6.87. The highest BCUT2D eigenvalue weighted by Gasteiger charge is 2.37. The van der Waals surface area contributed by atoms with Crippen LogP contribution in [-0.2, 0) is 4.79 Å². The van der Waals surface area contributed by atoms with E-state index in [0.29, 0.717) is 30.1 Å². The molecule has 8 nitrogen and oxygen atoms in total. The van der Waals surface area contributed by atoms with Gasteiger partial charge in [-0.05, 0) is 62.2 Å². The van der Waals surface area contributed by atoms with Crippen molar-refractivity contribution in [2.24, 2.45) is 15.8 Å². The van der Waals surface area contributed by atoms with E-state index >= 15 is 0 Å². The summed E-state index contributed by atoms with van der Waals surface area (Å²) in [7, 11) is 0. The number of hydrazone groups is 1. The fourth-order valence-electron chi connectivity index (χ4n) is 4.14. The smallest absolute Gasteiger partial charge is 0.246 e. The molecule has 0 radical (unpaired) electrons. The van der Waals surface area contributed by atoms with Crippen molar-refractivity contribution in [3.05, 3.63) is 84.2 Å². The number of rotatable bonds is 6. The van der Waals surface area contributed by atoms with Gasteiger partial charge in [0.1, 0.15) is 23.0 Å². The summed E-state index contributed by atoms with van der Waals surface area (Å²) >= 11 is 0. The molecule has 2 heterocycles. The standard InChI is InChI=1S/C26H28N6O2/c1-3-22(33)31-16-8-9-19(17-31)32-26(28)23(25(27)29-4-2)24(30-32)18-12-14-21(15-13-18)34-20-10-6-5-7-11-20/h3-7,10-15,19,28H,1,8-9,16-17,27H2,2H3/b25-23-,28-26?,29-4+/t19-/m1/s1. The number of nitrogens with one attached hydrogen (secondary N) is 1. The number of para-hydroxylation sites is 1. The van der Waals surface area contributed by atoms with Crippen LogP contribution in [0.25, 0.3) is 0 Å². The molecule has 0 saturated carbocycles. The Labute approximate surface area is 199 Å². The van der Waals surface area contributed by atoms with Gasteiger partial charge >= 0.3 is 0 Å². The number of aliphatic imine (C=N–C) groups is 1. The molecule has 1 amide bonds. The van der Waals surface area contributed by atoms with E-state index in [2.05, 4.69) is 11.6 Å². The summed E-state index contributed by atoms with van der Waals surface area (Å²) in [6.07, 6.45) is 4.56. The first kappa shape index (κ1) is 23.0. The predicted molar refractivity (Wildman–Crippen MR) is 134 cm³/mol. The zero-order valence-corrected chi connectivity index (χ0v) is 19.1. The van der Waals surface area contributed by atoms with Crippen LogP contribution in [0.3, 0.4) is 0 Å². The minimum absolute atomic E-state index is 0.112. The van der Waals surface area contributed by atoms with Crippen LogP contribution >= 0.6 is 0 Å². The van der Waals surface area contributed by atoms with Crippen LogP contribution in [0.1, 0.15) is 25.3 Å². The highest BCUT2D eigenvalue weighted by molar-refractivity contribution is 6.32. The van der Waals surface area contributed by atoms with Gasteiger partial charge in [0.2, 0.25) is 5.91 Å². The molecule has 0 aliphatic carbocycles. The van der Waals surface area contributed by atoms with Crippen LogP contribution in [-0.4, -0.2) is 52.7 Å². The number of piperidine rings is 1. The van der Waals surface area contributed by atoms with E-state index in [4.69, 9.17) is 21.0 Å².